The number of rotatable bonds is 4. The maximum absolute atomic E-state index is 11.3. The maximum Gasteiger partial charge on any atom is 0.232 e. The lowest BCUT2D eigenvalue weighted by atomic mass is 10.2. The molecule has 0 saturated heterocycles. The summed E-state index contributed by atoms with van der Waals surface area (Å²) in [6.07, 6.45) is -0.168. The summed E-state index contributed by atoms with van der Waals surface area (Å²) >= 11 is 0. The zero-order valence-electron chi connectivity index (χ0n) is 8.55. The van der Waals surface area contributed by atoms with Gasteiger partial charge in [-0.15, -0.1) is 0 Å². The predicted octanol–water partition coefficient (Wildman–Crippen LogP) is 0.254. The van der Waals surface area contributed by atoms with Gasteiger partial charge >= 0.3 is 0 Å². The number of amides is 1. The molecule has 0 saturated carbocycles. The second-order valence-corrected chi connectivity index (χ2v) is 3.17. The summed E-state index contributed by atoms with van der Waals surface area (Å²) in [5.41, 5.74) is 6.53. The zero-order chi connectivity index (χ0) is 12.0. The summed E-state index contributed by atoms with van der Waals surface area (Å²) in [6, 6.07) is 6.71. The maximum atomic E-state index is 11.3. The van der Waals surface area contributed by atoms with Gasteiger partial charge in [0.25, 0.3) is 0 Å². The van der Waals surface area contributed by atoms with Crippen LogP contribution in [0.2, 0.25) is 0 Å². The number of nitrogens with one attached hydrogen (secondary N) is 1. The quantitative estimate of drug-likeness (QED) is 0.254. The number of hydrogen-bond donors (Lipinski definition) is 4. The van der Waals surface area contributed by atoms with Crippen LogP contribution < -0.4 is 11.1 Å². The van der Waals surface area contributed by atoms with Crippen LogP contribution in [0.1, 0.15) is 12.0 Å². The SMILES string of the molecule is N/C(CC(=O)Nc1ccc(CO)cc1)=N/O. The molecule has 5 N–H and O–H groups in total. The molecule has 86 valence electrons. The molecule has 6 nitrogen and oxygen atoms in total. The van der Waals surface area contributed by atoms with Gasteiger partial charge < -0.3 is 21.4 Å². The van der Waals surface area contributed by atoms with Crippen LogP contribution in [0.5, 0.6) is 0 Å². The predicted molar refractivity (Wildman–Crippen MR) is 59.0 cm³/mol. The molecule has 0 heterocycles. The minimum atomic E-state index is -0.368. The van der Waals surface area contributed by atoms with Gasteiger partial charge in [0, 0.05) is 5.69 Å². The minimum Gasteiger partial charge on any atom is -0.409 e. The van der Waals surface area contributed by atoms with Crippen LogP contribution in [0.4, 0.5) is 5.69 Å². The smallest absolute Gasteiger partial charge is 0.232 e. The van der Waals surface area contributed by atoms with Crippen molar-refractivity contribution in [1.82, 2.24) is 0 Å². The number of amidine groups is 1. The summed E-state index contributed by atoms with van der Waals surface area (Å²) < 4.78 is 0. The molecule has 0 spiro atoms. The Balaban J connectivity index is 2.56. The van der Waals surface area contributed by atoms with Crippen molar-refractivity contribution < 1.29 is 15.1 Å². The molecule has 0 aromatic heterocycles. The monoisotopic (exact) mass is 223 g/mol. The van der Waals surface area contributed by atoms with Gasteiger partial charge in [-0.05, 0) is 17.7 Å². The molecular weight excluding hydrogens is 210 g/mol. The third kappa shape index (κ3) is 3.58. The Morgan fingerprint density at radius 2 is 2.00 bits per heavy atom. The fourth-order valence-electron chi connectivity index (χ4n) is 1.10. The molecule has 0 aliphatic heterocycles. The normalized spacial score (nSPS) is 11.2. The standard InChI is InChI=1S/C10H13N3O3/c11-9(13-16)5-10(15)12-8-3-1-7(6-14)2-4-8/h1-4,14,16H,5-6H2,(H2,11,13)(H,12,15). The van der Waals surface area contributed by atoms with Gasteiger partial charge in [0.15, 0.2) is 0 Å². The van der Waals surface area contributed by atoms with Gasteiger partial charge in [-0.1, -0.05) is 17.3 Å². The van der Waals surface area contributed by atoms with Gasteiger partial charge in [-0.3, -0.25) is 4.79 Å². The van der Waals surface area contributed by atoms with Gasteiger partial charge in [0.1, 0.15) is 5.84 Å². The first-order chi connectivity index (χ1) is 7.65. The number of carbonyl (C=O) groups is 1. The average Bonchev–Trinajstić information content (AvgIpc) is 2.29. The van der Waals surface area contributed by atoms with E-state index in [2.05, 4.69) is 10.5 Å². The van der Waals surface area contributed by atoms with Crippen LogP contribution in [0.3, 0.4) is 0 Å². The fourth-order valence-corrected chi connectivity index (χ4v) is 1.10. The van der Waals surface area contributed by atoms with E-state index in [1.165, 1.54) is 0 Å². The molecule has 1 aromatic rings. The van der Waals surface area contributed by atoms with Crippen LogP contribution in [-0.4, -0.2) is 22.1 Å². The van der Waals surface area contributed by atoms with E-state index in [-0.39, 0.29) is 24.8 Å². The van der Waals surface area contributed by atoms with E-state index in [4.69, 9.17) is 16.0 Å². The Morgan fingerprint density at radius 3 is 2.50 bits per heavy atom. The van der Waals surface area contributed by atoms with E-state index >= 15 is 0 Å². The van der Waals surface area contributed by atoms with Crippen molar-refractivity contribution in [2.45, 2.75) is 13.0 Å². The van der Waals surface area contributed by atoms with Crippen molar-refractivity contribution >= 4 is 17.4 Å². The van der Waals surface area contributed by atoms with Gasteiger partial charge in [-0.25, -0.2) is 0 Å². The van der Waals surface area contributed by atoms with Crippen molar-refractivity contribution in [3.05, 3.63) is 29.8 Å². The van der Waals surface area contributed by atoms with E-state index < -0.39 is 0 Å². The first-order valence-electron chi connectivity index (χ1n) is 4.61. The van der Waals surface area contributed by atoms with Gasteiger partial charge in [0.2, 0.25) is 5.91 Å². The Hall–Kier alpha value is -2.08. The summed E-state index contributed by atoms with van der Waals surface area (Å²) in [7, 11) is 0. The molecule has 0 aliphatic rings. The van der Waals surface area contributed by atoms with Crippen molar-refractivity contribution in [2.24, 2.45) is 10.9 Å². The Kier molecular flexibility index (Phi) is 4.28. The van der Waals surface area contributed by atoms with E-state index in [9.17, 15) is 4.79 Å². The molecule has 1 aromatic carbocycles. The van der Waals surface area contributed by atoms with Crippen LogP contribution in [0, 0.1) is 0 Å². The van der Waals surface area contributed by atoms with Gasteiger partial charge in [-0.2, -0.15) is 0 Å². The average molecular weight is 223 g/mol. The molecule has 1 amide bonds. The first kappa shape index (κ1) is 12.0. The number of carbonyl (C=O) groups excluding carboxylic acids is 1. The lowest BCUT2D eigenvalue weighted by Crippen LogP contribution is -2.21. The number of nitrogens with zero attached hydrogens (tertiary/aromatic N) is 1. The molecule has 0 fully saturated rings. The zero-order valence-corrected chi connectivity index (χ0v) is 8.55. The van der Waals surface area contributed by atoms with Crippen LogP contribution in [0.25, 0.3) is 0 Å². The second kappa shape index (κ2) is 5.72. The number of aliphatic hydroxyl groups excluding tert-OH is 1. The fraction of sp³-hybridized carbons (Fsp3) is 0.200. The molecule has 16 heavy (non-hydrogen) atoms. The molecule has 0 aliphatic carbocycles. The number of hydrogen-bond acceptors (Lipinski definition) is 4. The Labute approximate surface area is 92.4 Å². The summed E-state index contributed by atoms with van der Waals surface area (Å²) in [5, 5.41) is 22.4. The van der Waals surface area contributed by atoms with Crippen molar-refractivity contribution in [2.75, 3.05) is 5.32 Å². The third-order valence-corrected chi connectivity index (χ3v) is 1.89. The van der Waals surface area contributed by atoms with E-state index in [1.807, 2.05) is 0 Å². The van der Waals surface area contributed by atoms with Crippen molar-refractivity contribution in [3.63, 3.8) is 0 Å². The molecule has 0 unspecified atom stereocenters. The third-order valence-electron chi connectivity index (χ3n) is 1.89. The molecular formula is C10H13N3O3. The largest absolute Gasteiger partial charge is 0.409 e. The molecule has 0 radical (unpaired) electrons. The Bertz CT molecular complexity index is 387. The first-order valence-corrected chi connectivity index (χ1v) is 4.61. The molecule has 0 atom stereocenters. The van der Waals surface area contributed by atoms with E-state index in [1.54, 1.807) is 24.3 Å². The Morgan fingerprint density at radius 1 is 1.38 bits per heavy atom. The number of nitrogens with two attached hydrogens (primary N) is 1. The van der Waals surface area contributed by atoms with Crippen molar-refractivity contribution in [3.8, 4) is 0 Å². The lowest BCUT2D eigenvalue weighted by Gasteiger charge is -2.04. The van der Waals surface area contributed by atoms with Crippen molar-refractivity contribution in [1.29, 1.82) is 0 Å². The highest BCUT2D eigenvalue weighted by atomic mass is 16.4. The van der Waals surface area contributed by atoms with Crippen LogP contribution in [0.15, 0.2) is 29.4 Å². The molecule has 1 rings (SSSR count). The van der Waals surface area contributed by atoms with Gasteiger partial charge in [0.05, 0.1) is 13.0 Å². The van der Waals surface area contributed by atoms with Crippen LogP contribution >= 0.6 is 0 Å². The van der Waals surface area contributed by atoms with Crippen LogP contribution in [-0.2, 0) is 11.4 Å². The minimum absolute atomic E-state index is 0.0433. The number of benzene rings is 1. The number of anilines is 1. The second-order valence-electron chi connectivity index (χ2n) is 3.17. The number of aliphatic hydroxyl groups is 1. The summed E-state index contributed by atoms with van der Waals surface area (Å²) in [5.74, 6) is -0.517. The lowest BCUT2D eigenvalue weighted by molar-refractivity contribution is -0.115. The molecule has 6 heteroatoms. The highest BCUT2D eigenvalue weighted by molar-refractivity contribution is 6.04. The summed E-state index contributed by atoms with van der Waals surface area (Å²) in [4.78, 5) is 11.3. The highest BCUT2D eigenvalue weighted by Crippen LogP contribution is 2.09. The van der Waals surface area contributed by atoms with E-state index in [0.29, 0.717) is 5.69 Å². The van der Waals surface area contributed by atoms with E-state index in [0.717, 1.165) is 5.56 Å². The highest BCUT2D eigenvalue weighted by Gasteiger charge is 2.05. The topological polar surface area (TPSA) is 108 Å². The molecule has 0 bridgehead atoms. The number of oxime groups is 1. The summed E-state index contributed by atoms with van der Waals surface area (Å²) in [6.45, 7) is -0.0433.